The van der Waals surface area contributed by atoms with Crippen molar-refractivity contribution in [3.05, 3.63) is 50.7 Å². The Hall–Kier alpha value is -1.84. The van der Waals surface area contributed by atoms with E-state index in [1.54, 1.807) is 12.3 Å². The highest BCUT2D eigenvalue weighted by molar-refractivity contribution is 9.10. The molecular formula is C18H16BrN3O3S2. The molecule has 1 aromatic carbocycles. The molecule has 6 nitrogen and oxygen atoms in total. The zero-order chi connectivity index (χ0) is 19.6. The van der Waals surface area contributed by atoms with Crippen molar-refractivity contribution in [2.24, 2.45) is 0 Å². The third-order valence-electron chi connectivity index (χ3n) is 3.89. The van der Waals surface area contributed by atoms with Gasteiger partial charge in [-0.2, -0.15) is 0 Å². The van der Waals surface area contributed by atoms with Crippen LogP contribution in [0.15, 0.2) is 39.1 Å². The lowest BCUT2D eigenvalue weighted by atomic mass is 10.1. The normalized spacial score (nSPS) is 15.7. The molecule has 0 bridgehead atoms. The molecule has 0 spiro atoms. The fourth-order valence-corrected chi connectivity index (χ4v) is 4.32. The quantitative estimate of drug-likeness (QED) is 0.365. The summed E-state index contributed by atoms with van der Waals surface area (Å²) in [7, 11) is 1.47. The Morgan fingerprint density at radius 2 is 2.15 bits per heavy atom. The lowest BCUT2D eigenvalue weighted by Gasteiger charge is -2.13. The first-order valence-electron chi connectivity index (χ1n) is 7.88. The molecule has 9 heteroatoms. The minimum atomic E-state index is -0.300. The first kappa shape index (κ1) is 19.9. The first-order chi connectivity index (χ1) is 12.9. The Morgan fingerprint density at radius 1 is 1.37 bits per heavy atom. The summed E-state index contributed by atoms with van der Waals surface area (Å²) in [5.74, 6) is 0.391. The number of amides is 2. The third kappa shape index (κ3) is 4.36. The highest BCUT2D eigenvalue weighted by atomic mass is 79.9. The number of thioether (sulfide) groups is 2. The first-order valence-corrected chi connectivity index (χ1v) is 10.7. The van der Waals surface area contributed by atoms with Crippen LogP contribution in [0.5, 0.6) is 5.75 Å². The Labute approximate surface area is 173 Å². The molecule has 1 aliphatic rings. The van der Waals surface area contributed by atoms with E-state index in [1.165, 1.54) is 25.1 Å². The van der Waals surface area contributed by atoms with E-state index in [1.807, 2.05) is 25.3 Å². The molecule has 2 amide bonds. The van der Waals surface area contributed by atoms with E-state index in [0.717, 1.165) is 42.9 Å². The van der Waals surface area contributed by atoms with Gasteiger partial charge in [0.1, 0.15) is 23.7 Å². The molecule has 0 N–H and O–H groups in total. The Bertz CT molecular complexity index is 949. The van der Waals surface area contributed by atoms with Gasteiger partial charge in [-0.3, -0.25) is 14.5 Å². The number of likely N-dealkylation sites (N-methyl/N-ethyl adjacent to an activating group) is 1. The molecule has 1 fully saturated rings. The van der Waals surface area contributed by atoms with Crippen LogP contribution in [0.1, 0.15) is 16.7 Å². The van der Waals surface area contributed by atoms with Crippen molar-refractivity contribution in [3.63, 3.8) is 0 Å². The largest absolute Gasteiger partial charge is 0.488 e. The SMILES string of the molecule is CSc1ncncc1COc1cc(/C=C2\SC(=O)N(C)C2=O)c(Br)cc1C. The number of carbonyl (C=O) groups is 2. The molecule has 0 aliphatic carbocycles. The smallest absolute Gasteiger partial charge is 0.293 e. The topological polar surface area (TPSA) is 72.4 Å². The number of aryl methyl sites for hydroxylation is 1. The zero-order valence-electron chi connectivity index (χ0n) is 14.9. The van der Waals surface area contributed by atoms with E-state index in [2.05, 4.69) is 25.9 Å². The van der Waals surface area contributed by atoms with Crippen LogP contribution >= 0.6 is 39.5 Å². The molecule has 1 aromatic heterocycles. The predicted octanol–water partition coefficient (Wildman–Crippen LogP) is 4.51. The average molecular weight is 466 g/mol. The fraction of sp³-hybridized carbons (Fsp3) is 0.222. The van der Waals surface area contributed by atoms with Crippen molar-refractivity contribution in [2.75, 3.05) is 13.3 Å². The number of hydrogen-bond acceptors (Lipinski definition) is 7. The standard InChI is InChI=1S/C18H16BrN3O3S2/c1-10-4-13(19)11(6-15-17(23)22(2)18(24)27-15)5-14(10)25-8-12-7-20-9-21-16(12)26-3/h4-7,9H,8H2,1-3H3/b15-6-. The van der Waals surface area contributed by atoms with Gasteiger partial charge in [0, 0.05) is 23.3 Å². The minimum Gasteiger partial charge on any atom is -0.488 e. The average Bonchev–Trinajstić information content (AvgIpc) is 2.90. The van der Waals surface area contributed by atoms with Crippen LogP contribution < -0.4 is 4.74 Å². The van der Waals surface area contributed by atoms with Gasteiger partial charge in [-0.1, -0.05) is 15.9 Å². The summed E-state index contributed by atoms with van der Waals surface area (Å²) in [6.45, 7) is 2.28. The lowest BCUT2D eigenvalue weighted by Crippen LogP contribution is -2.22. The second-order valence-corrected chi connectivity index (χ2v) is 8.37. The summed E-state index contributed by atoms with van der Waals surface area (Å²) in [6.07, 6.45) is 6.91. The van der Waals surface area contributed by atoms with Gasteiger partial charge in [-0.05, 0) is 54.3 Å². The van der Waals surface area contributed by atoms with Gasteiger partial charge < -0.3 is 4.74 Å². The molecule has 1 saturated heterocycles. The van der Waals surface area contributed by atoms with Gasteiger partial charge in [0.15, 0.2) is 0 Å². The van der Waals surface area contributed by atoms with Crippen molar-refractivity contribution in [2.45, 2.75) is 18.6 Å². The van der Waals surface area contributed by atoms with Crippen LogP contribution in [-0.4, -0.2) is 39.3 Å². The zero-order valence-corrected chi connectivity index (χ0v) is 18.1. The summed E-state index contributed by atoms with van der Waals surface area (Å²) in [5.41, 5.74) is 2.62. The highest BCUT2D eigenvalue weighted by Gasteiger charge is 2.32. The van der Waals surface area contributed by atoms with Crippen molar-refractivity contribution in [3.8, 4) is 5.75 Å². The van der Waals surface area contributed by atoms with Gasteiger partial charge in [-0.15, -0.1) is 11.8 Å². The number of rotatable bonds is 5. The summed E-state index contributed by atoms with van der Waals surface area (Å²) >= 11 is 5.98. The summed E-state index contributed by atoms with van der Waals surface area (Å²) < 4.78 is 6.80. The van der Waals surface area contributed by atoms with Crippen LogP contribution in [-0.2, 0) is 11.4 Å². The molecule has 140 valence electrons. The Kier molecular flexibility index (Phi) is 6.23. The third-order valence-corrected chi connectivity index (χ3v) is 6.29. The lowest BCUT2D eigenvalue weighted by molar-refractivity contribution is -0.121. The summed E-state index contributed by atoms with van der Waals surface area (Å²) in [4.78, 5) is 33.6. The molecule has 1 aliphatic heterocycles. The molecule has 2 aromatic rings. The van der Waals surface area contributed by atoms with E-state index < -0.39 is 0 Å². The van der Waals surface area contributed by atoms with Gasteiger partial charge >= 0.3 is 0 Å². The number of aromatic nitrogens is 2. The van der Waals surface area contributed by atoms with E-state index in [-0.39, 0.29) is 11.1 Å². The molecule has 0 unspecified atom stereocenters. The number of imide groups is 1. The van der Waals surface area contributed by atoms with E-state index >= 15 is 0 Å². The van der Waals surface area contributed by atoms with Gasteiger partial charge in [-0.25, -0.2) is 9.97 Å². The van der Waals surface area contributed by atoms with Crippen LogP contribution in [0.2, 0.25) is 0 Å². The van der Waals surface area contributed by atoms with Crippen LogP contribution in [0.4, 0.5) is 4.79 Å². The molecule has 0 atom stereocenters. The predicted molar refractivity (Wildman–Crippen MR) is 111 cm³/mol. The number of carbonyl (C=O) groups excluding carboxylic acids is 2. The van der Waals surface area contributed by atoms with E-state index in [4.69, 9.17) is 4.74 Å². The van der Waals surface area contributed by atoms with E-state index in [9.17, 15) is 9.59 Å². The van der Waals surface area contributed by atoms with Gasteiger partial charge in [0.25, 0.3) is 11.1 Å². The maximum Gasteiger partial charge on any atom is 0.293 e. The van der Waals surface area contributed by atoms with Crippen molar-refractivity contribution in [1.82, 2.24) is 14.9 Å². The second kappa shape index (κ2) is 8.45. The summed E-state index contributed by atoms with van der Waals surface area (Å²) in [5, 5.41) is 0.594. The number of halogens is 1. The minimum absolute atomic E-state index is 0.278. The molecule has 27 heavy (non-hydrogen) atoms. The van der Waals surface area contributed by atoms with Crippen molar-refractivity contribution < 1.29 is 14.3 Å². The molecule has 0 saturated carbocycles. The van der Waals surface area contributed by atoms with Crippen molar-refractivity contribution in [1.29, 1.82) is 0 Å². The van der Waals surface area contributed by atoms with Gasteiger partial charge in [0.05, 0.1) is 4.91 Å². The van der Waals surface area contributed by atoms with Crippen molar-refractivity contribution >= 4 is 56.7 Å². The fourth-order valence-electron chi connectivity index (χ4n) is 2.41. The maximum atomic E-state index is 12.1. The van der Waals surface area contributed by atoms with Gasteiger partial charge in [0.2, 0.25) is 0 Å². The number of hydrogen-bond donors (Lipinski definition) is 0. The number of ether oxygens (including phenoxy) is 1. The second-order valence-electron chi connectivity index (χ2n) is 5.73. The monoisotopic (exact) mass is 465 g/mol. The molecule has 2 heterocycles. The van der Waals surface area contributed by atoms with Crippen LogP contribution in [0, 0.1) is 6.92 Å². The highest BCUT2D eigenvalue weighted by Crippen LogP contribution is 2.35. The van der Waals surface area contributed by atoms with E-state index in [0.29, 0.717) is 17.3 Å². The Morgan fingerprint density at radius 3 is 2.81 bits per heavy atom. The Balaban J connectivity index is 1.86. The molecule has 3 rings (SSSR count). The molecule has 0 radical (unpaired) electrons. The van der Waals surface area contributed by atoms with Crippen LogP contribution in [0.25, 0.3) is 6.08 Å². The molecular weight excluding hydrogens is 450 g/mol. The number of nitrogens with zero attached hydrogens (tertiary/aromatic N) is 3. The maximum absolute atomic E-state index is 12.1. The summed E-state index contributed by atoms with van der Waals surface area (Å²) in [6, 6.07) is 3.78. The van der Waals surface area contributed by atoms with Crippen LogP contribution in [0.3, 0.4) is 0 Å². The number of benzene rings is 1.